The van der Waals surface area contributed by atoms with E-state index in [1.54, 1.807) is 16.7 Å². The largest absolute Gasteiger partial charge is 0.477 e. The number of rotatable bonds is 3. The maximum Gasteiger partial charge on any atom is 0.341 e. The zero-order chi connectivity index (χ0) is 16.6. The lowest BCUT2D eigenvalue weighted by atomic mass is 10.1. The zero-order valence-corrected chi connectivity index (χ0v) is 13.8. The number of carboxylic acids is 1. The van der Waals surface area contributed by atoms with Crippen LogP contribution in [0.4, 0.5) is 5.69 Å². The van der Waals surface area contributed by atoms with Crippen molar-refractivity contribution in [3.8, 4) is 0 Å². The topological polar surface area (TPSA) is 62.5 Å². The predicted molar refractivity (Wildman–Crippen MR) is 91.9 cm³/mol. The highest BCUT2D eigenvalue weighted by molar-refractivity contribution is 6.34. The molecule has 0 amide bonds. The van der Waals surface area contributed by atoms with Crippen LogP contribution in [0.2, 0.25) is 5.02 Å². The minimum Gasteiger partial charge on any atom is -0.477 e. The van der Waals surface area contributed by atoms with Gasteiger partial charge in [0.1, 0.15) is 5.56 Å². The summed E-state index contributed by atoms with van der Waals surface area (Å²) < 4.78 is 1.76. The number of pyridine rings is 1. The summed E-state index contributed by atoms with van der Waals surface area (Å²) in [6, 6.07) is 3.53. The lowest BCUT2D eigenvalue weighted by molar-refractivity contribution is 0.0695. The van der Waals surface area contributed by atoms with Crippen molar-refractivity contribution >= 4 is 34.2 Å². The van der Waals surface area contributed by atoms with Crippen LogP contribution >= 0.6 is 11.6 Å². The minimum atomic E-state index is -1.20. The molecule has 1 aliphatic rings. The summed E-state index contributed by atoms with van der Waals surface area (Å²) in [5.41, 5.74) is 0.841. The third kappa shape index (κ3) is 2.81. The van der Waals surface area contributed by atoms with Crippen LogP contribution in [0.15, 0.2) is 23.1 Å². The number of fused-ring (bicyclic) bond motifs is 1. The highest BCUT2D eigenvalue weighted by Gasteiger charge is 2.19. The standard InChI is InChI=1S/C17H19ClN2O3/c1-2-19-10-12(17(22)23)16(21)11-8-15(13(18)9-14(11)19)20-6-4-3-5-7-20/h8-10H,2-7H2,1H3,(H,22,23). The van der Waals surface area contributed by atoms with E-state index in [4.69, 9.17) is 11.6 Å². The average Bonchev–Trinajstić information content (AvgIpc) is 2.55. The quantitative estimate of drug-likeness (QED) is 0.934. The number of carbonyl (C=O) groups is 1. The maximum absolute atomic E-state index is 12.5. The molecule has 1 N–H and O–H groups in total. The lowest BCUT2D eigenvalue weighted by Gasteiger charge is -2.30. The second kappa shape index (κ2) is 6.24. The van der Waals surface area contributed by atoms with Crippen molar-refractivity contribution in [1.82, 2.24) is 4.57 Å². The van der Waals surface area contributed by atoms with Gasteiger partial charge in [-0.3, -0.25) is 4.79 Å². The summed E-state index contributed by atoms with van der Waals surface area (Å²) in [5.74, 6) is -1.20. The lowest BCUT2D eigenvalue weighted by Crippen LogP contribution is -2.30. The zero-order valence-electron chi connectivity index (χ0n) is 13.0. The van der Waals surface area contributed by atoms with Crippen LogP contribution in [0.5, 0.6) is 0 Å². The molecule has 23 heavy (non-hydrogen) atoms. The molecule has 1 aliphatic heterocycles. The van der Waals surface area contributed by atoms with E-state index in [9.17, 15) is 14.7 Å². The Morgan fingerprint density at radius 1 is 1.26 bits per heavy atom. The SMILES string of the molecule is CCn1cc(C(=O)O)c(=O)c2cc(N3CCCCC3)c(Cl)cc21. The molecule has 0 unspecified atom stereocenters. The number of anilines is 1. The molecule has 122 valence electrons. The molecule has 1 saturated heterocycles. The molecule has 1 aromatic heterocycles. The number of nitrogens with zero attached hydrogens (tertiary/aromatic N) is 2. The Hall–Kier alpha value is -2.01. The number of hydrogen-bond acceptors (Lipinski definition) is 3. The van der Waals surface area contributed by atoms with Crippen LogP contribution in [0.25, 0.3) is 10.9 Å². The van der Waals surface area contributed by atoms with Crippen molar-refractivity contribution in [3.63, 3.8) is 0 Å². The highest BCUT2D eigenvalue weighted by Crippen LogP contribution is 2.32. The Morgan fingerprint density at radius 2 is 1.96 bits per heavy atom. The highest BCUT2D eigenvalue weighted by atomic mass is 35.5. The van der Waals surface area contributed by atoms with Crippen LogP contribution in [-0.2, 0) is 6.54 Å². The van der Waals surface area contributed by atoms with E-state index in [0.29, 0.717) is 22.5 Å². The van der Waals surface area contributed by atoms with Gasteiger partial charge in [0.2, 0.25) is 5.43 Å². The molecule has 6 heteroatoms. The normalized spacial score (nSPS) is 15.1. The van der Waals surface area contributed by atoms with Gasteiger partial charge in [-0.1, -0.05) is 11.6 Å². The number of piperidine rings is 1. The molecule has 0 spiro atoms. The number of hydrogen-bond donors (Lipinski definition) is 1. The molecule has 1 fully saturated rings. The van der Waals surface area contributed by atoms with E-state index in [1.807, 2.05) is 6.92 Å². The first kappa shape index (κ1) is 15.9. The fourth-order valence-electron chi connectivity index (χ4n) is 3.19. The third-order valence-electron chi connectivity index (χ3n) is 4.42. The van der Waals surface area contributed by atoms with E-state index in [0.717, 1.165) is 31.6 Å². The van der Waals surface area contributed by atoms with Gasteiger partial charge in [-0.2, -0.15) is 0 Å². The van der Waals surface area contributed by atoms with E-state index in [2.05, 4.69) is 4.90 Å². The summed E-state index contributed by atoms with van der Waals surface area (Å²) in [5, 5.41) is 10.3. The van der Waals surface area contributed by atoms with Crippen molar-refractivity contribution in [2.45, 2.75) is 32.7 Å². The first-order chi connectivity index (χ1) is 11.0. The monoisotopic (exact) mass is 334 g/mol. The second-order valence-corrected chi connectivity index (χ2v) is 6.24. The Balaban J connectivity index is 2.26. The van der Waals surface area contributed by atoms with Crippen LogP contribution in [0.3, 0.4) is 0 Å². The van der Waals surface area contributed by atoms with Gasteiger partial charge in [0, 0.05) is 31.2 Å². The molecule has 0 atom stereocenters. The average molecular weight is 335 g/mol. The van der Waals surface area contributed by atoms with Crippen LogP contribution in [0, 0.1) is 0 Å². The fraction of sp³-hybridized carbons (Fsp3) is 0.412. The molecular formula is C17H19ClN2O3. The molecule has 0 aliphatic carbocycles. The summed E-state index contributed by atoms with van der Waals surface area (Å²) in [6.45, 7) is 4.29. The van der Waals surface area contributed by atoms with E-state index >= 15 is 0 Å². The van der Waals surface area contributed by atoms with Crippen molar-refractivity contribution in [2.75, 3.05) is 18.0 Å². The predicted octanol–water partition coefficient (Wildman–Crippen LogP) is 3.36. The molecule has 2 heterocycles. The van der Waals surface area contributed by atoms with Crippen molar-refractivity contribution in [3.05, 3.63) is 39.1 Å². The van der Waals surface area contributed by atoms with Crippen LogP contribution in [0.1, 0.15) is 36.5 Å². The Morgan fingerprint density at radius 3 is 2.57 bits per heavy atom. The molecule has 2 aromatic rings. The molecule has 0 radical (unpaired) electrons. The fourth-order valence-corrected chi connectivity index (χ4v) is 3.47. The molecule has 0 saturated carbocycles. The van der Waals surface area contributed by atoms with E-state index in [-0.39, 0.29) is 5.56 Å². The van der Waals surface area contributed by atoms with Gasteiger partial charge in [-0.15, -0.1) is 0 Å². The molecule has 5 nitrogen and oxygen atoms in total. The Kier molecular flexibility index (Phi) is 4.31. The van der Waals surface area contributed by atoms with E-state index < -0.39 is 11.4 Å². The van der Waals surface area contributed by atoms with Gasteiger partial charge in [0.15, 0.2) is 0 Å². The van der Waals surface area contributed by atoms with Crippen LogP contribution in [-0.4, -0.2) is 28.7 Å². The number of carboxylic acid groups (broad SMARTS) is 1. The molecule has 3 rings (SSSR count). The number of aromatic nitrogens is 1. The Bertz CT molecular complexity index is 823. The number of halogens is 1. The summed E-state index contributed by atoms with van der Waals surface area (Å²) in [7, 11) is 0. The van der Waals surface area contributed by atoms with Gasteiger partial charge in [-0.25, -0.2) is 4.79 Å². The maximum atomic E-state index is 12.5. The number of benzene rings is 1. The van der Waals surface area contributed by atoms with Crippen molar-refractivity contribution < 1.29 is 9.90 Å². The van der Waals surface area contributed by atoms with E-state index in [1.165, 1.54) is 12.6 Å². The first-order valence-electron chi connectivity index (χ1n) is 7.88. The minimum absolute atomic E-state index is 0.203. The summed E-state index contributed by atoms with van der Waals surface area (Å²) >= 11 is 6.45. The van der Waals surface area contributed by atoms with Crippen molar-refractivity contribution in [1.29, 1.82) is 0 Å². The number of aryl methyl sites for hydroxylation is 1. The smallest absolute Gasteiger partial charge is 0.341 e. The summed E-state index contributed by atoms with van der Waals surface area (Å²) in [4.78, 5) is 26.0. The van der Waals surface area contributed by atoms with Gasteiger partial charge in [0.25, 0.3) is 0 Å². The van der Waals surface area contributed by atoms with Gasteiger partial charge in [-0.05, 0) is 38.3 Å². The summed E-state index contributed by atoms with van der Waals surface area (Å²) in [6.07, 6.45) is 4.79. The molecular weight excluding hydrogens is 316 g/mol. The van der Waals surface area contributed by atoms with Crippen LogP contribution < -0.4 is 10.3 Å². The van der Waals surface area contributed by atoms with Crippen molar-refractivity contribution in [2.24, 2.45) is 0 Å². The number of aromatic carboxylic acids is 1. The molecule has 1 aromatic carbocycles. The third-order valence-corrected chi connectivity index (χ3v) is 4.72. The first-order valence-corrected chi connectivity index (χ1v) is 8.25. The van der Waals surface area contributed by atoms with Gasteiger partial charge < -0.3 is 14.6 Å². The second-order valence-electron chi connectivity index (χ2n) is 5.83. The Labute approximate surface area is 139 Å². The van der Waals surface area contributed by atoms with Gasteiger partial charge in [0.05, 0.1) is 16.2 Å². The molecule has 0 bridgehead atoms. The van der Waals surface area contributed by atoms with Gasteiger partial charge >= 0.3 is 5.97 Å².